The maximum atomic E-state index is 12.4. The zero-order valence-corrected chi connectivity index (χ0v) is 16.3. The van der Waals surface area contributed by atoms with E-state index in [-0.39, 0.29) is 30.4 Å². The number of amides is 2. The van der Waals surface area contributed by atoms with Gasteiger partial charge in [0.25, 0.3) is 5.91 Å². The molecule has 2 N–H and O–H groups in total. The Morgan fingerprint density at radius 1 is 1.00 bits per heavy atom. The van der Waals surface area contributed by atoms with Gasteiger partial charge in [-0.25, -0.2) is 0 Å². The average molecular weight is 391 g/mol. The summed E-state index contributed by atoms with van der Waals surface area (Å²) in [6.45, 7) is 0.136. The highest BCUT2D eigenvalue weighted by molar-refractivity contribution is 6.31. The SMILES string of the molecule is O=C(COCc1ccccc1Cl)NNC(=O)CC12CC3CC(CC(C3)C1)C2. The highest BCUT2D eigenvalue weighted by Crippen LogP contribution is 2.61. The normalized spacial score (nSPS) is 30.9. The average Bonchev–Trinajstić information content (AvgIpc) is 2.60. The molecule has 0 radical (unpaired) electrons. The van der Waals surface area contributed by atoms with Crippen LogP contribution in [-0.4, -0.2) is 18.4 Å². The van der Waals surface area contributed by atoms with E-state index in [0.29, 0.717) is 11.4 Å². The van der Waals surface area contributed by atoms with Crippen LogP contribution in [0.1, 0.15) is 50.5 Å². The van der Waals surface area contributed by atoms with Crippen LogP contribution < -0.4 is 10.9 Å². The van der Waals surface area contributed by atoms with E-state index in [9.17, 15) is 9.59 Å². The maximum absolute atomic E-state index is 12.4. The number of hydrogen-bond donors (Lipinski definition) is 2. The molecular formula is C21H27ClN2O3. The Morgan fingerprint density at radius 2 is 1.59 bits per heavy atom. The zero-order valence-electron chi connectivity index (χ0n) is 15.5. The topological polar surface area (TPSA) is 67.4 Å². The second-order valence-corrected chi connectivity index (χ2v) is 9.18. The third-order valence-corrected chi connectivity index (χ3v) is 6.86. The minimum Gasteiger partial charge on any atom is -0.367 e. The molecule has 0 unspecified atom stereocenters. The number of hydrazine groups is 1. The van der Waals surface area contributed by atoms with Crippen LogP contribution in [0.5, 0.6) is 0 Å². The van der Waals surface area contributed by atoms with Crippen molar-refractivity contribution in [3.8, 4) is 0 Å². The molecule has 0 spiro atoms. The molecular weight excluding hydrogens is 364 g/mol. The molecule has 1 aromatic carbocycles. The summed E-state index contributed by atoms with van der Waals surface area (Å²) in [5, 5.41) is 0.613. The number of nitrogens with one attached hydrogen (secondary N) is 2. The van der Waals surface area contributed by atoms with Gasteiger partial charge in [0.05, 0.1) is 6.61 Å². The van der Waals surface area contributed by atoms with Crippen molar-refractivity contribution >= 4 is 23.4 Å². The molecule has 0 aliphatic heterocycles. The molecule has 1 aromatic rings. The first kappa shape index (κ1) is 18.8. The van der Waals surface area contributed by atoms with Gasteiger partial charge in [-0.15, -0.1) is 0 Å². The first-order chi connectivity index (χ1) is 13.0. The van der Waals surface area contributed by atoms with Crippen molar-refractivity contribution in [2.45, 2.75) is 51.6 Å². The number of halogens is 1. The molecule has 4 aliphatic carbocycles. The Labute approximate surface area is 165 Å². The van der Waals surface area contributed by atoms with E-state index in [1.54, 1.807) is 6.07 Å². The highest BCUT2D eigenvalue weighted by Gasteiger charge is 2.51. The summed E-state index contributed by atoms with van der Waals surface area (Å²) in [5.41, 5.74) is 6.04. The van der Waals surface area contributed by atoms with Crippen LogP contribution in [0, 0.1) is 23.2 Å². The molecule has 4 fully saturated rings. The Morgan fingerprint density at radius 3 is 2.22 bits per heavy atom. The van der Waals surface area contributed by atoms with E-state index in [2.05, 4.69) is 10.9 Å². The lowest BCUT2D eigenvalue weighted by Crippen LogP contribution is -2.50. The van der Waals surface area contributed by atoms with Gasteiger partial charge < -0.3 is 4.74 Å². The third-order valence-electron chi connectivity index (χ3n) is 6.49. The summed E-state index contributed by atoms with van der Waals surface area (Å²) in [6, 6.07) is 7.35. The molecule has 4 bridgehead atoms. The third kappa shape index (κ3) is 4.46. The van der Waals surface area contributed by atoms with E-state index in [4.69, 9.17) is 16.3 Å². The van der Waals surface area contributed by atoms with Gasteiger partial charge in [-0.2, -0.15) is 0 Å². The maximum Gasteiger partial charge on any atom is 0.264 e. The number of rotatable bonds is 6. The lowest BCUT2D eigenvalue weighted by Gasteiger charge is -2.56. The second kappa shape index (κ2) is 7.80. The van der Waals surface area contributed by atoms with Crippen LogP contribution in [0.25, 0.3) is 0 Å². The Kier molecular flexibility index (Phi) is 5.42. The van der Waals surface area contributed by atoms with Crippen molar-refractivity contribution in [3.05, 3.63) is 34.9 Å². The van der Waals surface area contributed by atoms with E-state index < -0.39 is 0 Å². The molecule has 0 aromatic heterocycles. The van der Waals surface area contributed by atoms with Crippen LogP contribution >= 0.6 is 11.6 Å². The summed E-state index contributed by atoms with van der Waals surface area (Å²) in [4.78, 5) is 24.3. The molecule has 4 saturated carbocycles. The summed E-state index contributed by atoms with van der Waals surface area (Å²) in [6.07, 6.45) is 8.16. The molecule has 0 saturated heterocycles. The van der Waals surface area contributed by atoms with Gasteiger partial charge in [0.15, 0.2) is 0 Å². The Hall–Kier alpha value is -1.59. The fraction of sp³-hybridized carbons (Fsp3) is 0.619. The lowest BCUT2D eigenvalue weighted by atomic mass is 9.49. The molecule has 5 nitrogen and oxygen atoms in total. The fourth-order valence-corrected chi connectivity index (χ4v) is 6.13. The van der Waals surface area contributed by atoms with Gasteiger partial charge in [0.1, 0.15) is 6.61 Å². The van der Waals surface area contributed by atoms with Gasteiger partial charge in [0.2, 0.25) is 5.91 Å². The van der Waals surface area contributed by atoms with Crippen molar-refractivity contribution in [3.63, 3.8) is 0 Å². The van der Waals surface area contributed by atoms with E-state index in [1.807, 2.05) is 18.2 Å². The van der Waals surface area contributed by atoms with Crippen LogP contribution in [-0.2, 0) is 20.9 Å². The second-order valence-electron chi connectivity index (χ2n) is 8.77. The summed E-state index contributed by atoms with van der Waals surface area (Å²) < 4.78 is 5.38. The predicted molar refractivity (Wildman–Crippen MR) is 103 cm³/mol. The minimum atomic E-state index is -0.360. The van der Waals surface area contributed by atoms with Gasteiger partial charge in [0, 0.05) is 11.4 Å². The first-order valence-electron chi connectivity index (χ1n) is 9.90. The molecule has 146 valence electrons. The molecule has 2 amide bonds. The fourth-order valence-electron chi connectivity index (χ4n) is 5.94. The van der Waals surface area contributed by atoms with Crippen LogP contribution in [0.3, 0.4) is 0 Å². The van der Waals surface area contributed by atoms with E-state index in [1.165, 1.54) is 38.5 Å². The summed E-state index contributed by atoms with van der Waals surface area (Å²) >= 11 is 6.05. The van der Waals surface area contributed by atoms with Crippen LogP contribution in [0.15, 0.2) is 24.3 Å². The largest absolute Gasteiger partial charge is 0.367 e. The molecule has 5 rings (SSSR count). The number of ether oxygens (including phenoxy) is 1. The highest BCUT2D eigenvalue weighted by atomic mass is 35.5. The van der Waals surface area contributed by atoms with Crippen molar-refractivity contribution in [2.24, 2.45) is 23.2 Å². The summed E-state index contributed by atoms with van der Waals surface area (Å²) in [5.74, 6) is 2.00. The summed E-state index contributed by atoms with van der Waals surface area (Å²) in [7, 11) is 0. The molecule has 6 heteroatoms. The molecule has 27 heavy (non-hydrogen) atoms. The Bertz CT molecular complexity index is 686. The quantitative estimate of drug-likeness (QED) is 0.729. The molecule has 0 heterocycles. The number of carbonyl (C=O) groups excluding carboxylic acids is 2. The van der Waals surface area contributed by atoms with Crippen molar-refractivity contribution < 1.29 is 14.3 Å². The Balaban J connectivity index is 1.18. The monoisotopic (exact) mass is 390 g/mol. The standard InChI is InChI=1S/C21H27ClN2O3/c22-18-4-2-1-3-17(18)12-27-13-20(26)24-23-19(25)11-21-8-14-5-15(9-21)7-16(6-14)10-21/h1-4,14-16H,5-13H2,(H,23,25)(H,24,26). The van der Waals surface area contributed by atoms with Gasteiger partial charge in [-0.05, 0) is 73.3 Å². The first-order valence-corrected chi connectivity index (χ1v) is 10.3. The minimum absolute atomic E-state index is 0.0867. The molecule has 0 atom stereocenters. The predicted octanol–water partition coefficient (Wildman–Crippen LogP) is 3.61. The van der Waals surface area contributed by atoms with E-state index in [0.717, 1.165) is 23.3 Å². The lowest BCUT2D eigenvalue weighted by molar-refractivity contribution is -0.136. The van der Waals surface area contributed by atoms with E-state index >= 15 is 0 Å². The number of carbonyl (C=O) groups is 2. The van der Waals surface area contributed by atoms with Crippen LogP contribution in [0.2, 0.25) is 5.02 Å². The zero-order chi connectivity index (χ0) is 18.9. The van der Waals surface area contributed by atoms with Crippen molar-refractivity contribution in [1.29, 1.82) is 0 Å². The van der Waals surface area contributed by atoms with Crippen LogP contribution in [0.4, 0.5) is 0 Å². The van der Waals surface area contributed by atoms with Crippen molar-refractivity contribution in [1.82, 2.24) is 10.9 Å². The van der Waals surface area contributed by atoms with Gasteiger partial charge in [-0.1, -0.05) is 29.8 Å². The van der Waals surface area contributed by atoms with Crippen molar-refractivity contribution in [2.75, 3.05) is 6.61 Å². The van der Waals surface area contributed by atoms with Gasteiger partial charge >= 0.3 is 0 Å². The number of benzene rings is 1. The van der Waals surface area contributed by atoms with Gasteiger partial charge in [-0.3, -0.25) is 20.4 Å². The molecule has 4 aliphatic rings. The number of hydrogen-bond acceptors (Lipinski definition) is 3. The smallest absolute Gasteiger partial charge is 0.264 e.